The van der Waals surface area contributed by atoms with Gasteiger partial charge in [0.2, 0.25) is 5.91 Å². The Morgan fingerprint density at radius 3 is 2.38 bits per heavy atom. The van der Waals surface area contributed by atoms with E-state index in [1.807, 2.05) is 13.0 Å². The maximum Gasteiger partial charge on any atom is 0.391 e. The molecule has 21 heavy (non-hydrogen) atoms. The standard InChI is InChI=1S/C15H19F3N2O/c1-9-3-2-4-12(19)13(9)20-14(21)10-5-7-11(8-6-10)15(16,17)18/h2-4,10-11H,5-8,19H2,1H3,(H,20,21). The first-order valence-electron chi connectivity index (χ1n) is 7.01. The van der Waals surface area contributed by atoms with Crippen LogP contribution in [0.1, 0.15) is 31.2 Å². The number of benzene rings is 1. The number of rotatable bonds is 2. The molecule has 0 unspecified atom stereocenters. The van der Waals surface area contributed by atoms with Crippen LogP contribution in [0.4, 0.5) is 24.5 Å². The molecule has 3 N–H and O–H groups in total. The predicted molar refractivity (Wildman–Crippen MR) is 75.7 cm³/mol. The molecule has 1 fully saturated rings. The Kier molecular flexibility index (Phi) is 4.44. The van der Waals surface area contributed by atoms with E-state index in [0.717, 1.165) is 5.56 Å². The van der Waals surface area contributed by atoms with Gasteiger partial charge in [0.05, 0.1) is 17.3 Å². The number of para-hydroxylation sites is 1. The van der Waals surface area contributed by atoms with Crippen LogP contribution < -0.4 is 11.1 Å². The van der Waals surface area contributed by atoms with Crippen LogP contribution in [-0.2, 0) is 4.79 Å². The van der Waals surface area contributed by atoms with E-state index in [-0.39, 0.29) is 37.5 Å². The molecule has 1 saturated carbocycles. The molecule has 116 valence electrons. The molecule has 0 atom stereocenters. The van der Waals surface area contributed by atoms with Crippen molar-refractivity contribution in [3.05, 3.63) is 23.8 Å². The number of carbonyl (C=O) groups is 1. The van der Waals surface area contributed by atoms with Gasteiger partial charge in [-0.05, 0) is 44.2 Å². The Morgan fingerprint density at radius 1 is 1.24 bits per heavy atom. The van der Waals surface area contributed by atoms with Crippen molar-refractivity contribution in [2.75, 3.05) is 11.1 Å². The fraction of sp³-hybridized carbons (Fsp3) is 0.533. The number of anilines is 2. The molecule has 1 aliphatic carbocycles. The number of nitrogens with one attached hydrogen (secondary N) is 1. The van der Waals surface area contributed by atoms with Gasteiger partial charge in [0, 0.05) is 5.92 Å². The van der Waals surface area contributed by atoms with Gasteiger partial charge in [0.15, 0.2) is 0 Å². The molecular formula is C15H19F3N2O. The van der Waals surface area contributed by atoms with E-state index < -0.39 is 12.1 Å². The maximum atomic E-state index is 12.6. The third-order valence-corrected chi connectivity index (χ3v) is 4.11. The molecule has 1 aromatic carbocycles. The summed E-state index contributed by atoms with van der Waals surface area (Å²) in [4.78, 5) is 12.2. The lowest BCUT2D eigenvalue weighted by Gasteiger charge is -2.29. The summed E-state index contributed by atoms with van der Waals surface area (Å²) >= 11 is 0. The summed E-state index contributed by atoms with van der Waals surface area (Å²) in [5, 5.41) is 2.76. The van der Waals surface area contributed by atoms with Gasteiger partial charge < -0.3 is 11.1 Å². The van der Waals surface area contributed by atoms with E-state index in [1.165, 1.54) is 0 Å². The number of aryl methyl sites for hydroxylation is 1. The average Bonchev–Trinajstić information content (AvgIpc) is 2.42. The SMILES string of the molecule is Cc1cccc(N)c1NC(=O)C1CCC(C(F)(F)F)CC1. The van der Waals surface area contributed by atoms with Crippen LogP contribution in [0.15, 0.2) is 18.2 Å². The molecular weight excluding hydrogens is 281 g/mol. The van der Waals surface area contributed by atoms with Gasteiger partial charge >= 0.3 is 6.18 Å². The number of hydrogen-bond acceptors (Lipinski definition) is 2. The molecule has 1 amide bonds. The summed E-state index contributed by atoms with van der Waals surface area (Å²) in [6.45, 7) is 1.83. The number of halogens is 3. The summed E-state index contributed by atoms with van der Waals surface area (Å²) in [6, 6.07) is 5.30. The second kappa shape index (κ2) is 5.95. The molecule has 0 aromatic heterocycles. The van der Waals surface area contributed by atoms with Crippen molar-refractivity contribution in [3.63, 3.8) is 0 Å². The van der Waals surface area contributed by atoms with Crippen molar-refractivity contribution < 1.29 is 18.0 Å². The molecule has 0 radical (unpaired) electrons. The molecule has 2 rings (SSSR count). The topological polar surface area (TPSA) is 55.1 Å². The number of carbonyl (C=O) groups excluding carboxylic acids is 1. The van der Waals surface area contributed by atoms with Crippen molar-refractivity contribution >= 4 is 17.3 Å². The average molecular weight is 300 g/mol. The summed E-state index contributed by atoms with van der Waals surface area (Å²) in [5.74, 6) is -1.88. The first-order chi connectivity index (χ1) is 9.79. The third kappa shape index (κ3) is 3.68. The number of amides is 1. The second-order valence-electron chi connectivity index (χ2n) is 5.62. The van der Waals surface area contributed by atoms with Gasteiger partial charge in [0.25, 0.3) is 0 Å². The van der Waals surface area contributed by atoms with Crippen LogP contribution in [0.2, 0.25) is 0 Å². The monoisotopic (exact) mass is 300 g/mol. The molecule has 0 bridgehead atoms. The molecule has 1 aromatic rings. The largest absolute Gasteiger partial charge is 0.397 e. The molecule has 0 heterocycles. The smallest absolute Gasteiger partial charge is 0.391 e. The third-order valence-electron chi connectivity index (χ3n) is 4.11. The zero-order chi connectivity index (χ0) is 15.6. The van der Waals surface area contributed by atoms with Crippen LogP contribution in [0.5, 0.6) is 0 Å². The highest BCUT2D eigenvalue weighted by Crippen LogP contribution is 2.40. The molecule has 0 spiro atoms. The van der Waals surface area contributed by atoms with E-state index >= 15 is 0 Å². The van der Waals surface area contributed by atoms with Crippen molar-refractivity contribution in [1.82, 2.24) is 0 Å². The lowest BCUT2D eigenvalue weighted by Crippen LogP contribution is -2.32. The van der Waals surface area contributed by atoms with Gasteiger partial charge in [-0.1, -0.05) is 12.1 Å². The fourth-order valence-electron chi connectivity index (χ4n) is 2.77. The predicted octanol–water partition coefficient (Wildman–Crippen LogP) is 3.88. The molecule has 0 aliphatic heterocycles. The van der Waals surface area contributed by atoms with Crippen molar-refractivity contribution in [2.45, 2.75) is 38.8 Å². The van der Waals surface area contributed by atoms with Gasteiger partial charge in [0.1, 0.15) is 0 Å². The number of nitrogen functional groups attached to an aromatic ring is 1. The van der Waals surface area contributed by atoms with Crippen LogP contribution >= 0.6 is 0 Å². The van der Waals surface area contributed by atoms with Crippen molar-refractivity contribution in [3.8, 4) is 0 Å². The first-order valence-corrected chi connectivity index (χ1v) is 7.01. The number of nitrogens with two attached hydrogens (primary N) is 1. The van der Waals surface area contributed by atoms with Crippen molar-refractivity contribution in [1.29, 1.82) is 0 Å². The van der Waals surface area contributed by atoms with E-state index in [4.69, 9.17) is 5.73 Å². The lowest BCUT2D eigenvalue weighted by atomic mass is 9.81. The molecule has 6 heteroatoms. The van der Waals surface area contributed by atoms with Crippen LogP contribution in [0.25, 0.3) is 0 Å². The lowest BCUT2D eigenvalue weighted by molar-refractivity contribution is -0.184. The molecule has 0 saturated heterocycles. The normalized spacial score (nSPS) is 22.9. The highest BCUT2D eigenvalue weighted by Gasteiger charge is 2.42. The van der Waals surface area contributed by atoms with E-state index in [9.17, 15) is 18.0 Å². The quantitative estimate of drug-likeness (QED) is 0.814. The minimum Gasteiger partial charge on any atom is -0.397 e. The Bertz CT molecular complexity index is 500. The van der Waals surface area contributed by atoms with Crippen LogP contribution in [0.3, 0.4) is 0 Å². The summed E-state index contributed by atoms with van der Waals surface area (Å²) in [5.41, 5.74) is 7.68. The second-order valence-corrected chi connectivity index (χ2v) is 5.62. The fourth-order valence-corrected chi connectivity index (χ4v) is 2.77. The van der Waals surface area contributed by atoms with Crippen LogP contribution in [-0.4, -0.2) is 12.1 Å². The van der Waals surface area contributed by atoms with E-state index in [1.54, 1.807) is 12.1 Å². The minimum absolute atomic E-state index is 0.0187. The van der Waals surface area contributed by atoms with Gasteiger partial charge in [-0.15, -0.1) is 0 Å². The summed E-state index contributed by atoms with van der Waals surface area (Å²) in [6.07, 6.45) is -3.58. The highest BCUT2D eigenvalue weighted by atomic mass is 19.4. The number of alkyl halides is 3. The van der Waals surface area contributed by atoms with Gasteiger partial charge in [-0.3, -0.25) is 4.79 Å². The first kappa shape index (κ1) is 15.7. The number of hydrogen-bond donors (Lipinski definition) is 2. The van der Waals surface area contributed by atoms with Gasteiger partial charge in [-0.25, -0.2) is 0 Å². The van der Waals surface area contributed by atoms with Gasteiger partial charge in [-0.2, -0.15) is 13.2 Å². The maximum absolute atomic E-state index is 12.6. The zero-order valence-electron chi connectivity index (χ0n) is 11.8. The Balaban J connectivity index is 1.97. The Labute approximate surface area is 121 Å². The summed E-state index contributed by atoms with van der Waals surface area (Å²) in [7, 11) is 0. The Morgan fingerprint density at radius 2 is 1.86 bits per heavy atom. The Hall–Kier alpha value is -1.72. The van der Waals surface area contributed by atoms with Crippen molar-refractivity contribution in [2.24, 2.45) is 11.8 Å². The molecule has 1 aliphatic rings. The summed E-state index contributed by atoms with van der Waals surface area (Å²) < 4.78 is 37.8. The van der Waals surface area contributed by atoms with E-state index in [2.05, 4.69) is 5.32 Å². The van der Waals surface area contributed by atoms with E-state index in [0.29, 0.717) is 11.4 Å². The zero-order valence-corrected chi connectivity index (χ0v) is 11.8. The van der Waals surface area contributed by atoms with Crippen LogP contribution in [0, 0.1) is 18.8 Å². The minimum atomic E-state index is -4.15. The highest BCUT2D eigenvalue weighted by molar-refractivity contribution is 5.96. The molecule has 3 nitrogen and oxygen atoms in total.